The molecule has 0 aliphatic carbocycles. The lowest BCUT2D eigenvalue weighted by atomic mass is 10.2. The van der Waals surface area contributed by atoms with Crippen molar-refractivity contribution in [3.63, 3.8) is 0 Å². The molecule has 0 aromatic heterocycles. The molecule has 1 aromatic rings. The lowest BCUT2D eigenvalue weighted by Gasteiger charge is -2.11. The summed E-state index contributed by atoms with van der Waals surface area (Å²) in [6, 6.07) is 4.33. The summed E-state index contributed by atoms with van der Waals surface area (Å²) in [4.78, 5) is 22.8. The van der Waals surface area contributed by atoms with Crippen molar-refractivity contribution in [1.82, 2.24) is 10.6 Å². The van der Waals surface area contributed by atoms with Crippen LogP contribution in [0.3, 0.4) is 0 Å². The molecule has 0 spiro atoms. The first kappa shape index (κ1) is 19.4. The predicted octanol–water partition coefficient (Wildman–Crippen LogP) is 1.95. The van der Waals surface area contributed by atoms with E-state index in [9.17, 15) is 18.4 Å². The smallest absolute Gasteiger partial charge is 0.387 e. The second kappa shape index (κ2) is 10.2. The molecule has 2 N–H and O–H groups in total. The average Bonchev–Trinajstić information content (AvgIpc) is 2.53. The molecule has 0 radical (unpaired) electrons. The van der Waals surface area contributed by atoms with E-state index in [2.05, 4.69) is 15.4 Å². The van der Waals surface area contributed by atoms with E-state index in [1.807, 2.05) is 0 Å². The number of carbonyl (C=O) groups is 2. The fourth-order valence-corrected chi connectivity index (χ4v) is 1.75. The maximum Gasteiger partial charge on any atom is 0.387 e. The molecule has 0 heterocycles. The molecule has 24 heavy (non-hydrogen) atoms. The highest BCUT2D eigenvalue weighted by atomic mass is 19.3. The highest BCUT2D eigenvalue weighted by Crippen LogP contribution is 2.30. The van der Waals surface area contributed by atoms with E-state index < -0.39 is 12.5 Å². The van der Waals surface area contributed by atoms with E-state index in [0.717, 1.165) is 0 Å². The second-order valence-electron chi connectivity index (χ2n) is 4.52. The van der Waals surface area contributed by atoms with Crippen LogP contribution in [0.1, 0.15) is 19.4 Å². The van der Waals surface area contributed by atoms with Crippen molar-refractivity contribution >= 4 is 17.9 Å². The van der Waals surface area contributed by atoms with E-state index in [1.54, 1.807) is 13.8 Å². The molecule has 0 bridgehead atoms. The minimum absolute atomic E-state index is 0.0790. The van der Waals surface area contributed by atoms with Gasteiger partial charge in [-0.1, -0.05) is 6.07 Å². The summed E-state index contributed by atoms with van der Waals surface area (Å²) in [7, 11) is 0. The van der Waals surface area contributed by atoms with Gasteiger partial charge in [0, 0.05) is 12.6 Å². The van der Waals surface area contributed by atoms with Crippen LogP contribution in [0, 0.1) is 0 Å². The molecule has 1 aromatic carbocycles. The van der Waals surface area contributed by atoms with Gasteiger partial charge in [0.15, 0.2) is 11.5 Å². The monoisotopic (exact) mass is 342 g/mol. The number of amides is 2. The van der Waals surface area contributed by atoms with Crippen LogP contribution in [0.15, 0.2) is 24.3 Å². The molecule has 0 atom stereocenters. The Balaban J connectivity index is 2.70. The van der Waals surface area contributed by atoms with Gasteiger partial charge in [-0.15, -0.1) is 0 Å². The summed E-state index contributed by atoms with van der Waals surface area (Å²) in [5.41, 5.74) is 0.563. The molecule has 0 aliphatic rings. The van der Waals surface area contributed by atoms with Crippen LogP contribution in [0.5, 0.6) is 11.5 Å². The van der Waals surface area contributed by atoms with Crippen LogP contribution in [0.4, 0.5) is 8.78 Å². The number of hydrogen-bond donors (Lipinski definition) is 2. The highest BCUT2D eigenvalue weighted by molar-refractivity contribution is 5.94. The fraction of sp³-hybridized carbons (Fsp3) is 0.375. The van der Waals surface area contributed by atoms with Crippen LogP contribution in [-0.4, -0.2) is 38.1 Å². The third-order valence-corrected chi connectivity index (χ3v) is 2.71. The van der Waals surface area contributed by atoms with Gasteiger partial charge >= 0.3 is 6.61 Å². The Hall–Kier alpha value is -2.64. The van der Waals surface area contributed by atoms with E-state index in [-0.39, 0.29) is 30.6 Å². The van der Waals surface area contributed by atoms with Gasteiger partial charge in [0.1, 0.15) is 0 Å². The first-order valence-electron chi connectivity index (χ1n) is 7.40. The zero-order valence-electron chi connectivity index (χ0n) is 13.5. The Labute approximate surface area is 138 Å². The topological polar surface area (TPSA) is 76.7 Å². The molecular weight excluding hydrogens is 322 g/mol. The number of carbonyl (C=O) groups excluding carboxylic acids is 2. The Morgan fingerprint density at radius 2 is 1.96 bits per heavy atom. The van der Waals surface area contributed by atoms with Crippen molar-refractivity contribution < 1.29 is 27.8 Å². The van der Waals surface area contributed by atoms with Crippen LogP contribution < -0.4 is 20.1 Å². The molecular formula is C16H20F2N2O4. The molecule has 132 valence electrons. The van der Waals surface area contributed by atoms with Crippen molar-refractivity contribution in [2.24, 2.45) is 0 Å². The molecule has 0 aliphatic heterocycles. The SMILES string of the molecule is CCNC(=O)CNC(=O)/C=C/c1ccc(OC(F)F)c(OCC)c1. The zero-order chi connectivity index (χ0) is 17.9. The van der Waals surface area contributed by atoms with Gasteiger partial charge in [0.25, 0.3) is 0 Å². The van der Waals surface area contributed by atoms with Crippen molar-refractivity contribution in [2.45, 2.75) is 20.5 Å². The van der Waals surface area contributed by atoms with E-state index >= 15 is 0 Å². The fourth-order valence-electron chi connectivity index (χ4n) is 1.75. The molecule has 0 saturated carbocycles. The first-order chi connectivity index (χ1) is 11.5. The highest BCUT2D eigenvalue weighted by Gasteiger charge is 2.11. The van der Waals surface area contributed by atoms with Gasteiger partial charge in [-0.25, -0.2) is 0 Å². The Bertz CT molecular complexity index is 591. The van der Waals surface area contributed by atoms with Crippen molar-refractivity contribution in [3.05, 3.63) is 29.8 Å². The molecule has 6 nitrogen and oxygen atoms in total. The third-order valence-electron chi connectivity index (χ3n) is 2.71. The van der Waals surface area contributed by atoms with Gasteiger partial charge in [-0.2, -0.15) is 8.78 Å². The molecule has 0 unspecified atom stereocenters. The minimum atomic E-state index is -2.95. The Morgan fingerprint density at radius 3 is 2.58 bits per heavy atom. The average molecular weight is 342 g/mol. The van der Waals surface area contributed by atoms with Crippen LogP contribution in [0.25, 0.3) is 6.08 Å². The summed E-state index contributed by atoms with van der Waals surface area (Å²) in [5.74, 6) is -0.661. The zero-order valence-corrected chi connectivity index (χ0v) is 13.5. The van der Waals surface area contributed by atoms with Gasteiger partial charge in [0.05, 0.1) is 13.2 Å². The van der Waals surface area contributed by atoms with E-state index in [0.29, 0.717) is 12.1 Å². The van der Waals surface area contributed by atoms with Crippen molar-refractivity contribution in [1.29, 1.82) is 0 Å². The van der Waals surface area contributed by atoms with Gasteiger partial charge < -0.3 is 20.1 Å². The summed E-state index contributed by atoms with van der Waals surface area (Å²) in [6.07, 6.45) is 2.71. The minimum Gasteiger partial charge on any atom is -0.490 e. The third kappa shape index (κ3) is 7.08. The number of ether oxygens (including phenoxy) is 2. The predicted molar refractivity (Wildman–Crippen MR) is 85.0 cm³/mol. The number of likely N-dealkylation sites (N-methyl/N-ethyl adjacent to an activating group) is 1. The quantitative estimate of drug-likeness (QED) is 0.673. The second-order valence-corrected chi connectivity index (χ2v) is 4.52. The summed E-state index contributed by atoms with van der Waals surface area (Å²) >= 11 is 0. The largest absolute Gasteiger partial charge is 0.490 e. The summed E-state index contributed by atoms with van der Waals surface area (Å²) < 4.78 is 34.3. The van der Waals surface area contributed by atoms with Crippen LogP contribution in [0.2, 0.25) is 0 Å². The molecule has 0 saturated heterocycles. The van der Waals surface area contributed by atoms with E-state index in [1.165, 1.54) is 30.4 Å². The van der Waals surface area contributed by atoms with E-state index in [4.69, 9.17) is 4.74 Å². The standard InChI is InChI=1S/C16H20F2N2O4/c1-3-19-15(22)10-20-14(21)8-6-11-5-7-12(24-16(17)18)13(9-11)23-4-2/h5-9,16H,3-4,10H2,1-2H3,(H,19,22)(H,20,21)/b8-6+. The van der Waals surface area contributed by atoms with Crippen molar-refractivity contribution in [2.75, 3.05) is 19.7 Å². The summed E-state index contributed by atoms with van der Waals surface area (Å²) in [5, 5.41) is 4.97. The number of hydrogen-bond acceptors (Lipinski definition) is 4. The Kier molecular flexibility index (Phi) is 8.24. The summed E-state index contributed by atoms with van der Waals surface area (Å²) in [6.45, 7) is 1.17. The van der Waals surface area contributed by atoms with Crippen molar-refractivity contribution in [3.8, 4) is 11.5 Å². The molecule has 1 rings (SSSR count). The van der Waals surface area contributed by atoms with Crippen LogP contribution in [-0.2, 0) is 9.59 Å². The Morgan fingerprint density at radius 1 is 1.21 bits per heavy atom. The molecule has 0 fully saturated rings. The lowest BCUT2D eigenvalue weighted by Crippen LogP contribution is -2.35. The van der Waals surface area contributed by atoms with Crippen LogP contribution >= 0.6 is 0 Å². The number of alkyl halides is 2. The lowest BCUT2D eigenvalue weighted by molar-refractivity contribution is -0.123. The number of rotatable bonds is 9. The van der Waals surface area contributed by atoms with Gasteiger partial charge in [-0.3, -0.25) is 9.59 Å². The number of nitrogens with one attached hydrogen (secondary N) is 2. The molecule has 2 amide bonds. The maximum absolute atomic E-state index is 12.3. The maximum atomic E-state index is 12.3. The number of halogens is 2. The number of benzene rings is 1. The normalized spacial score (nSPS) is 10.7. The van der Waals surface area contributed by atoms with Gasteiger partial charge in [-0.05, 0) is 37.6 Å². The first-order valence-corrected chi connectivity index (χ1v) is 7.40. The molecule has 8 heteroatoms. The van der Waals surface area contributed by atoms with Gasteiger partial charge in [0.2, 0.25) is 11.8 Å².